The number of halogens is 2. The minimum absolute atomic E-state index is 0.339. The van der Waals surface area contributed by atoms with Crippen molar-refractivity contribution in [1.29, 1.82) is 0 Å². The van der Waals surface area contributed by atoms with Gasteiger partial charge in [-0.3, -0.25) is 0 Å². The zero-order chi connectivity index (χ0) is 12.3. The minimum Gasteiger partial charge on any atom is -0.493 e. The fourth-order valence-corrected chi connectivity index (χ4v) is 4.58. The predicted molar refractivity (Wildman–Crippen MR) is 79.6 cm³/mol. The van der Waals surface area contributed by atoms with Gasteiger partial charge in [0.05, 0.1) is 6.61 Å². The number of alkyl halides is 2. The Kier molecular flexibility index (Phi) is 4.53. The van der Waals surface area contributed by atoms with Gasteiger partial charge < -0.3 is 4.74 Å². The van der Waals surface area contributed by atoms with Gasteiger partial charge in [-0.15, -0.1) is 0 Å². The first kappa shape index (κ1) is 13.4. The molecule has 0 radical (unpaired) electrons. The molecule has 0 saturated carbocycles. The molecule has 0 bridgehead atoms. The van der Waals surface area contributed by atoms with Gasteiger partial charge in [-0.05, 0) is 24.3 Å². The van der Waals surface area contributed by atoms with E-state index in [0.29, 0.717) is 11.3 Å². The van der Waals surface area contributed by atoms with Crippen LogP contribution in [0.2, 0.25) is 0 Å². The molecule has 0 amide bonds. The van der Waals surface area contributed by atoms with Crippen molar-refractivity contribution in [2.75, 3.05) is 17.3 Å². The molecule has 3 heteroatoms. The number of fused-ring (bicyclic) bond motifs is 1. The molecule has 0 N–H and O–H groups in total. The smallest absolute Gasteiger partial charge is 0.122 e. The van der Waals surface area contributed by atoms with Gasteiger partial charge in [0.2, 0.25) is 0 Å². The average Bonchev–Trinajstić information content (AvgIpc) is 2.79. The monoisotopic (exact) mass is 360 g/mol. The number of hydrogen-bond acceptors (Lipinski definition) is 1. The van der Waals surface area contributed by atoms with Gasteiger partial charge in [0.15, 0.2) is 0 Å². The Morgan fingerprint density at radius 3 is 2.65 bits per heavy atom. The second-order valence-electron chi connectivity index (χ2n) is 4.87. The second kappa shape index (κ2) is 5.75. The molecule has 1 atom stereocenters. The highest BCUT2D eigenvalue weighted by Gasteiger charge is 2.33. The summed E-state index contributed by atoms with van der Waals surface area (Å²) >= 11 is 7.34. The van der Waals surface area contributed by atoms with E-state index >= 15 is 0 Å². The molecule has 0 spiro atoms. The maximum atomic E-state index is 5.76. The molecule has 1 aliphatic rings. The lowest BCUT2D eigenvalue weighted by Crippen LogP contribution is -2.27. The molecular weight excluding hydrogens is 344 g/mol. The molecule has 1 nitrogen and oxygen atoms in total. The SMILES string of the molecule is CCC(CBr)(CBr)CC1COc2ccccc21. The van der Waals surface area contributed by atoms with E-state index < -0.39 is 0 Å². The fourth-order valence-electron chi connectivity index (χ4n) is 2.40. The van der Waals surface area contributed by atoms with E-state index in [-0.39, 0.29) is 0 Å². The van der Waals surface area contributed by atoms with Crippen LogP contribution in [-0.4, -0.2) is 17.3 Å². The Morgan fingerprint density at radius 2 is 2.00 bits per heavy atom. The minimum atomic E-state index is 0.339. The third-order valence-electron chi connectivity index (χ3n) is 3.80. The summed E-state index contributed by atoms with van der Waals surface area (Å²) in [6, 6.07) is 8.43. The summed E-state index contributed by atoms with van der Waals surface area (Å²) in [4.78, 5) is 0. The van der Waals surface area contributed by atoms with Gasteiger partial charge in [0, 0.05) is 22.1 Å². The highest BCUT2D eigenvalue weighted by Crippen LogP contribution is 2.43. The maximum absolute atomic E-state index is 5.76. The first-order valence-electron chi connectivity index (χ1n) is 6.08. The van der Waals surface area contributed by atoms with Crippen LogP contribution in [-0.2, 0) is 0 Å². The summed E-state index contributed by atoms with van der Waals surface area (Å²) < 4.78 is 5.76. The van der Waals surface area contributed by atoms with E-state index in [1.54, 1.807) is 0 Å². The molecule has 2 rings (SSSR count). The summed E-state index contributed by atoms with van der Waals surface area (Å²) in [5.74, 6) is 1.62. The topological polar surface area (TPSA) is 9.23 Å². The van der Waals surface area contributed by atoms with Crippen LogP contribution in [0.25, 0.3) is 0 Å². The van der Waals surface area contributed by atoms with E-state index in [1.165, 1.54) is 18.4 Å². The summed E-state index contributed by atoms with van der Waals surface area (Å²) in [5.41, 5.74) is 1.72. The van der Waals surface area contributed by atoms with E-state index in [1.807, 2.05) is 6.07 Å². The van der Waals surface area contributed by atoms with Crippen molar-refractivity contribution in [3.63, 3.8) is 0 Å². The molecule has 17 heavy (non-hydrogen) atoms. The van der Waals surface area contributed by atoms with Gasteiger partial charge in [0.25, 0.3) is 0 Å². The van der Waals surface area contributed by atoms with Crippen LogP contribution < -0.4 is 4.74 Å². The van der Waals surface area contributed by atoms with Crippen LogP contribution in [0.4, 0.5) is 0 Å². The summed E-state index contributed by atoms with van der Waals surface area (Å²) in [7, 11) is 0. The number of ether oxygens (including phenoxy) is 1. The van der Waals surface area contributed by atoms with Crippen LogP contribution in [0.3, 0.4) is 0 Å². The fraction of sp³-hybridized carbons (Fsp3) is 0.571. The first-order valence-corrected chi connectivity index (χ1v) is 8.32. The Balaban J connectivity index is 2.16. The van der Waals surface area contributed by atoms with E-state index in [2.05, 4.69) is 57.0 Å². The largest absolute Gasteiger partial charge is 0.493 e. The van der Waals surface area contributed by atoms with Crippen molar-refractivity contribution in [1.82, 2.24) is 0 Å². The molecule has 1 aliphatic heterocycles. The zero-order valence-electron chi connectivity index (χ0n) is 10.1. The van der Waals surface area contributed by atoms with Crippen molar-refractivity contribution in [3.8, 4) is 5.75 Å². The molecule has 1 aromatic rings. The lowest BCUT2D eigenvalue weighted by molar-refractivity contribution is 0.264. The van der Waals surface area contributed by atoms with Crippen molar-refractivity contribution >= 4 is 31.9 Å². The summed E-state index contributed by atoms with van der Waals surface area (Å²) in [5, 5.41) is 2.08. The van der Waals surface area contributed by atoms with Crippen LogP contribution in [0.5, 0.6) is 5.75 Å². The van der Waals surface area contributed by atoms with Crippen LogP contribution in [0.15, 0.2) is 24.3 Å². The van der Waals surface area contributed by atoms with Gasteiger partial charge in [0.1, 0.15) is 5.75 Å². The Hall–Kier alpha value is -0.0200. The van der Waals surface area contributed by atoms with Crippen molar-refractivity contribution in [2.45, 2.75) is 25.7 Å². The van der Waals surface area contributed by atoms with Crippen molar-refractivity contribution in [2.24, 2.45) is 5.41 Å². The lowest BCUT2D eigenvalue weighted by Gasteiger charge is -2.31. The van der Waals surface area contributed by atoms with Crippen LogP contribution in [0.1, 0.15) is 31.2 Å². The van der Waals surface area contributed by atoms with Crippen LogP contribution >= 0.6 is 31.9 Å². The third kappa shape index (κ3) is 2.70. The molecular formula is C14H18Br2O. The molecule has 0 aromatic heterocycles. The van der Waals surface area contributed by atoms with Crippen molar-refractivity contribution < 1.29 is 4.74 Å². The van der Waals surface area contributed by atoms with Gasteiger partial charge in [-0.25, -0.2) is 0 Å². The second-order valence-corrected chi connectivity index (χ2v) is 5.99. The van der Waals surface area contributed by atoms with E-state index in [9.17, 15) is 0 Å². The number of benzene rings is 1. The Bertz CT molecular complexity index is 366. The normalized spacial score (nSPS) is 18.9. The first-order chi connectivity index (χ1) is 8.24. The lowest BCUT2D eigenvalue weighted by atomic mass is 9.79. The predicted octanol–water partition coefficient (Wildman–Crippen LogP) is 4.74. The molecule has 0 fully saturated rings. The van der Waals surface area contributed by atoms with Gasteiger partial charge in [-0.1, -0.05) is 57.0 Å². The highest BCUT2D eigenvalue weighted by atomic mass is 79.9. The Morgan fingerprint density at radius 1 is 1.29 bits per heavy atom. The number of para-hydroxylation sites is 1. The number of rotatable bonds is 5. The molecule has 0 aliphatic carbocycles. The quantitative estimate of drug-likeness (QED) is 0.688. The highest BCUT2D eigenvalue weighted by molar-refractivity contribution is 9.09. The van der Waals surface area contributed by atoms with Crippen LogP contribution in [0, 0.1) is 5.41 Å². The maximum Gasteiger partial charge on any atom is 0.122 e. The van der Waals surface area contributed by atoms with E-state index in [4.69, 9.17) is 4.74 Å². The zero-order valence-corrected chi connectivity index (χ0v) is 13.3. The van der Waals surface area contributed by atoms with Gasteiger partial charge >= 0.3 is 0 Å². The number of hydrogen-bond donors (Lipinski definition) is 0. The summed E-state index contributed by atoms with van der Waals surface area (Å²) in [6.07, 6.45) is 2.36. The van der Waals surface area contributed by atoms with E-state index in [0.717, 1.165) is 23.0 Å². The third-order valence-corrected chi connectivity index (χ3v) is 6.17. The van der Waals surface area contributed by atoms with Crippen molar-refractivity contribution in [3.05, 3.63) is 29.8 Å². The molecule has 1 unspecified atom stereocenters. The summed E-state index contributed by atoms with van der Waals surface area (Å²) in [6.45, 7) is 3.10. The standard InChI is InChI=1S/C14H18Br2O/c1-2-14(9-15,10-16)7-11-8-17-13-6-4-3-5-12(11)13/h3-6,11H,2,7-10H2,1H3. The molecule has 1 heterocycles. The average molecular weight is 362 g/mol. The molecule has 1 aromatic carbocycles. The molecule has 94 valence electrons. The molecule has 0 saturated heterocycles. The van der Waals surface area contributed by atoms with Gasteiger partial charge in [-0.2, -0.15) is 0 Å². The Labute approximate surface area is 120 Å².